The van der Waals surface area contributed by atoms with Gasteiger partial charge in [-0.1, -0.05) is 89.7 Å². The number of amidine groups is 1. The summed E-state index contributed by atoms with van der Waals surface area (Å²) < 4.78 is 0.943. The predicted octanol–water partition coefficient (Wildman–Crippen LogP) is 7.44. The van der Waals surface area contributed by atoms with Crippen LogP contribution in [0, 0.1) is 0 Å². The summed E-state index contributed by atoms with van der Waals surface area (Å²) in [5, 5.41) is 9.39. The first kappa shape index (κ1) is 27.4. The molecular weight excluding hydrogens is 368 g/mol. The van der Waals surface area contributed by atoms with Gasteiger partial charge in [-0.2, -0.15) is 0 Å². The number of likely N-dealkylation sites (N-methyl/N-ethyl adjacent to an activating group) is 1. The lowest BCUT2D eigenvalue weighted by atomic mass is 10.1. The van der Waals surface area contributed by atoms with E-state index < -0.39 is 0 Å². The SMILES string of the molecule is CCCCCCCCCCCC/C=C/CCCCCCC1=NCC[N+]1(CC)CCO. The lowest BCUT2D eigenvalue weighted by Gasteiger charge is -2.33. The molecular formula is C27H53N2O+. The minimum absolute atomic E-state index is 0.276. The van der Waals surface area contributed by atoms with E-state index in [9.17, 15) is 5.11 Å². The first-order valence-electron chi connectivity index (χ1n) is 13.4. The number of aliphatic hydroxyl groups is 1. The highest BCUT2D eigenvalue weighted by atomic mass is 16.3. The van der Waals surface area contributed by atoms with Crippen molar-refractivity contribution in [3.8, 4) is 0 Å². The Balaban J connectivity index is 1.87. The maximum atomic E-state index is 9.39. The van der Waals surface area contributed by atoms with Crippen molar-refractivity contribution in [2.75, 3.05) is 32.8 Å². The Bertz CT molecular complexity index is 446. The Labute approximate surface area is 188 Å². The average molecular weight is 422 g/mol. The van der Waals surface area contributed by atoms with Gasteiger partial charge in [0.2, 0.25) is 0 Å². The van der Waals surface area contributed by atoms with Crippen molar-refractivity contribution >= 4 is 5.84 Å². The summed E-state index contributed by atoms with van der Waals surface area (Å²) in [4.78, 5) is 4.76. The minimum atomic E-state index is 0.276. The number of unbranched alkanes of at least 4 members (excludes halogenated alkanes) is 14. The summed E-state index contributed by atoms with van der Waals surface area (Å²) in [6.45, 7) is 8.77. The van der Waals surface area contributed by atoms with E-state index in [0.29, 0.717) is 0 Å². The first-order valence-corrected chi connectivity index (χ1v) is 13.4. The average Bonchev–Trinajstić information content (AvgIpc) is 3.16. The molecule has 3 heteroatoms. The second-order valence-electron chi connectivity index (χ2n) is 9.33. The van der Waals surface area contributed by atoms with E-state index in [1.54, 1.807) is 0 Å². The summed E-state index contributed by atoms with van der Waals surface area (Å²) in [5.74, 6) is 1.35. The fourth-order valence-corrected chi connectivity index (χ4v) is 4.78. The van der Waals surface area contributed by atoms with Gasteiger partial charge in [-0.15, -0.1) is 0 Å². The van der Waals surface area contributed by atoms with Gasteiger partial charge in [0, 0.05) is 6.42 Å². The van der Waals surface area contributed by atoms with Crippen LogP contribution in [0.15, 0.2) is 17.1 Å². The molecule has 0 spiro atoms. The molecule has 0 aromatic carbocycles. The third-order valence-corrected chi connectivity index (χ3v) is 6.92. The van der Waals surface area contributed by atoms with Gasteiger partial charge >= 0.3 is 0 Å². The van der Waals surface area contributed by atoms with Crippen LogP contribution < -0.4 is 0 Å². The van der Waals surface area contributed by atoms with Crippen molar-refractivity contribution in [2.45, 2.75) is 123 Å². The van der Waals surface area contributed by atoms with Crippen molar-refractivity contribution in [3.05, 3.63) is 12.2 Å². The van der Waals surface area contributed by atoms with Gasteiger partial charge in [-0.05, 0) is 39.0 Å². The second-order valence-corrected chi connectivity index (χ2v) is 9.33. The van der Waals surface area contributed by atoms with Crippen LogP contribution in [0.1, 0.15) is 123 Å². The van der Waals surface area contributed by atoms with Gasteiger partial charge in [0.25, 0.3) is 0 Å². The number of nitrogens with zero attached hydrogens (tertiary/aromatic N) is 2. The van der Waals surface area contributed by atoms with E-state index in [4.69, 9.17) is 4.99 Å². The van der Waals surface area contributed by atoms with Gasteiger partial charge in [0.15, 0.2) is 5.84 Å². The predicted molar refractivity (Wildman–Crippen MR) is 133 cm³/mol. The third-order valence-electron chi connectivity index (χ3n) is 6.92. The molecule has 0 aromatic heterocycles. The molecule has 0 radical (unpaired) electrons. The van der Waals surface area contributed by atoms with Crippen molar-refractivity contribution in [3.63, 3.8) is 0 Å². The smallest absolute Gasteiger partial charge is 0.198 e. The monoisotopic (exact) mass is 421 g/mol. The molecule has 3 nitrogen and oxygen atoms in total. The van der Waals surface area contributed by atoms with Crippen molar-refractivity contribution in [1.82, 2.24) is 0 Å². The highest BCUT2D eigenvalue weighted by Crippen LogP contribution is 2.19. The van der Waals surface area contributed by atoms with Gasteiger partial charge in [-0.3, -0.25) is 4.48 Å². The molecule has 176 valence electrons. The molecule has 1 N–H and O–H groups in total. The van der Waals surface area contributed by atoms with E-state index in [2.05, 4.69) is 26.0 Å². The lowest BCUT2D eigenvalue weighted by Crippen LogP contribution is -2.52. The Hall–Kier alpha value is -0.670. The molecule has 1 aliphatic heterocycles. The van der Waals surface area contributed by atoms with Crippen LogP contribution in [0.25, 0.3) is 0 Å². The zero-order valence-corrected chi connectivity index (χ0v) is 20.6. The zero-order valence-electron chi connectivity index (χ0n) is 20.6. The molecule has 0 amide bonds. The van der Waals surface area contributed by atoms with Crippen LogP contribution >= 0.6 is 0 Å². The van der Waals surface area contributed by atoms with Crippen LogP contribution in [0.3, 0.4) is 0 Å². The highest BCUT2D eigenvalue weighted by Gasteiger charge is 2.35. The van der Waals surface area contributed by atoms with Crippen LogP contribution in [0.2, 0.25) is 0 Å². The molecule has 0 aromatic rings. The topological polar surface area (TPSA) is 32.6 Å². The maximum absolute atomic E-state index is 9.39. The highest BCUT2D eigenvalue weighted by molar-refractivity contribution is 5.76. The zero-order chi connectivity index (χ0) is 21.8. The van der Waals surface area contributed by atoms with Crippen molar-refractivity contribution in [1.29, 1.82) is 0 Å². The summed E-state index contributed by atoms with van der Waals surface area (Å²) in [7, 11) is 0. The van der Waals surface area contributed by atoms with Crippen LogP contribution in [-0.4, -0.2) is 48.2 Å². The molecule has 0 saturated heterocycles. The van der Waals surface area contributed by atoms with E-state index in [1.807, 2.05) is 0 Å². The number of aliphatic hydroxyl groups excluding tert-OH is 1. The normalized spacial score (nSPS) is 19.1. The van der Waals surface area contributed by atoms with Crippen LogP contribution in [0.4, 0.5) is 0 Å². The van der Waals surface area contributed by atoms with Crippen LogP contribution in [0.5, 0.6) is 0 Å². The van der Waals surface area contributed by atoms with E-state index in [0.717, 1.165) is 37.1 Å². The molecule has 1 atom stereocenters. The maximum Gasteiger partial charge on any atom is 0.198 e. The number of hydrogen-bond donors (Lipinski definition) is 1. The molecule has 0 bridgehead atoms. The first-order chi connectivity index (χ1) is 14.8. The second kappa shape index (κ2) is 19.0. The molecule has 1 rings (SSSR count). The van der Waals surface area contributed by atoms with Crippen LogP contribution in [-0.2, 0) is 0 Å². The summed E-state index contributed by atoms with van der Waals surface area (Å²) in [6, 6.07) is 0. The molecule has 1 unspecified atom stereocenters. The summed E-state index contributed by atoms with van der Waals surface area (Å²) >= 11 is 0. The number of hydrogen-bond acceptors (Lipinski definition) is 2. The molecule has 0 fully saturated rings. The lowest BCUT2D eigenvalue weighted by molar-refractivity contribution is -0.835. The molecule has 30 heavy (non-hydrogen) atoms. The van der Waals surface area contributed by atoms with E-state index in [1.165, 1.54) is 109 Å². The number of allylic oxidation sites excluding steroid dienone is 2. The third kappa shape index (κ3) is 12.2. The van der Waals surface area contributed by atoms with Gasteiger partial charge in [0.05, 0.1) is 19.7 Å². The Morgan fingerprint density at radius 2 is 1.30 bits per heavy atom. The fraction of sp³-hybridized carbons (Fsp3) is 0.889. The summed E-state index contributed by atoms with van der Waals surface area (Å²) in [6.07, 6.45) is 28.0. The molecule has 1 aliphatic rings. The molecule has 0 saturated carbocycles. The fourth-order valence-electron chi connectivity index (χ4n) is 4.78. The number of rotatable bonds is 21. The largest absolute Gasteiger partial charge is 0.390 e. The minimum Gasteiger partial charge on any atom is -0.390 e. The Morgan fingerprint density at radius 1 is 0.767 bits per heavy atom. The van der Waals surface area contributed by atoms with Gasteiger partial charge < -0.3 is 5.11 Å². The Morgan fingerprint density at radius 3 is 1.83 bits per heavy atom. The van der Waals surface area contributed by atoms with Crippen molar-refractivity contribution in [2.24, 2.45) is 4.99 Å². The quantitative estimate of drug-likeness (QED) is 0.117. The Kier molecular flexibility index (Phi) is 17.4. The van der Waals surface area contributed by atoms with Gasteiger partial charge in [-0.25, -0.2) is 4.99 Å². The van der Waals surface area contributed by atoms with Crippen molar-refractivity contribution < 1.29 is 9.59 Å². The molecule has 0 aliphatic carbocycles. The van der Waals surface area contributed by atoms with E-state index >= 15 is 0 Å². The number of quaternary nitrogens is 1. The number of aliphatic imine (C=N–C) groups is 1. The van der Waals surface area contributed by atoms with Gasteiger partial charge in [0.1, 0.15) is 13.1 Å². The standard InChI is InChI=1S/C27H53N2O/c1-3-5-6-7-8-9-10-11-12-13-14-15-16-17-18-19-20-21-22-27-28-23-24-29(27,4-2)25-26-30/h15-16,30H,3-14,17-26H2,1-2H3/q+1/b16-15+. The van der Waals surface area contributed by atoms with E-state index in [-0.39, 0.29) is 6.61 Å². The molecule has 1 heterocycles. The summed E-state index contributed by atoms with van der Waals surface area (Å²) in [5.41, 5.74) is 0.